The average molecular weight is 246 g/mol. The molecular weight excluding hydrogens is 224 g/mol. The molecule has 0 aromatic carbocycles. The van der Waals surface area contributed by atoms with E-state index < -0.39 is 12.2 Å². The molecule has 1 unspecified atom stereocenters. The van der Waals surface area contributed by atoms with Gasteiger partial charge in [0.25, 0.3) is 0 Å². The van der Waals surface area contributed by atoms with Crippen molar-refractivity contribution in [1.82, 2.24) is 4.90 Å². The van der Waals surface area contributed by atoms with Gasteiger partial charge in [-0.25, -0.2) is 4.79 Å². The SMILES string of the molecule is NC(OCCCCCN1CCOCC1)C(=O)O. The summed E-state index contributed by atoms with van der Waals surface area (Å²) >= 11 is 0. The van der Waals surface area contributed by atoms with Crippen LogP contribution in [0.4, 0.5) is 0 Å². The predicted octanol–water partition coefficient (Wildman–Crippen LogP) is -0.125. The monoisotopic (exact) mass is 246 g/mol. The number of ether oxygens (including phenoxy) is 2. The van der Waals surface area contributed by atoms with Crippen LogP contribution in [0.3, 0.4) is 0 Å². The molecule has 0 saturated carbocycles. The van der Waals surface area contributed by atoms with E-state index in [2.05, 4.69) is 4.90 Å². The lowest BCUT2D eigenvalue weighted by Crippen LogP contribution is -2.36. The minimum atomic E-state index is -1.19. The number of hydrogen-bond acceptors (Lipinski definition) is 5. The first-order valence-electron chi connectivity index (χ1n) is 6.10. The van der Waals surface area contributed by atoms with Gasteiger partial charge in [0.1, 0.15) is 0 Å². The highest BCUT2D eigenvalue weighted by molar-refractivity contribution is 5.71. The zero-order valence-corrected chi connectivity index (χ0v) is 10.1. The van der Waals surface area contributed by atoms with E-state index in [4.69, 9.17) is 20.3 Å². The van der Waals surface area contributed by atoms with Crippen molar-refractivity contribution in [3.63, 3.8) is 0 Å². The van der Waals surface area contributed by atoms with Crippen LogP contribution in [0.15, 0.2) is 0 Å². The zero-order chi connectivity index (χ0) is 12.5. The molecule has 1 aliphatic heterocycles. The number of nitrogens with two attached hydrogens (primary N) is 1. The van der Waals surface area contributed by atoms with E-state index >= 15 is 0 Å². The number of carboxylic acids is 1. The Labute approximate surface area is 102 Å². The molecule has 0 bridgehead atoms. The highest BCUT2D eigenvalue weighted by atomic mass is 16.5. The highest BCUT2D eigenvalue weighted by Gasteiger charge is 2.11. The largest absolute Gasteiger partial charge is 0.478 e. The fourth-order valence-electron chi connectivity index (χ4n) is 1.72. The third kappa shape index (κ3) is 6.58. The number of carboxylic acid groups (broad SMARTS) is 1. The highest BCUT2D eigenvalue weighted by Crippen LogP contribution is 2.02. The van der Waals surface area contributed by atoms with Crippen molar-refractivity contribution in [2.45, 2.75) is 25.5 Å². The summed E-state index contributed by atoms with van der Waals surface area (Å²) in [5.74, 6) is -1.11. The Morgan fingerprint density at radius 2 is 2.06 bits per heavy atom. The number of unbranched alkanes of at least 4 members (excludes halogenated alkanes) is 2. The van der Waals surface area contributed by atoms with E-state index in [9.17, 15) is 4.79 Å². The molecule has 17 heavy (non-hydrogen) atoms. The second-order valence-electron chi connectivity index (χ2n) is 4.14. The van der Waals surface area contributed by atoms with Gasteiger partial charge in [-0.2, -0.15) is 0 Å². The predicted molar refractivity (Wildman–Crippen MR) is 62.7 cm³/mol. The normalized spacial score (nSPS) is 19.1. The van der Waals surface area contributed by atoms with E-state index in [-0.39, 0.29) is 0 Å². The quantitative estimate of drug-likeness (QED) is 0.458. The van der Waals surface area contributed by atoms with Crippen LogP contribution in [0.5, 0.6) is 0 Å². The second kappa shape index (κ2) is 8.41. The van der Waals surface area contributed by atoms with Crippen molar-refractivity contribution in [1.29, 1.82) is 0 Å². The fraction of sp³-hybridized carbons (Fsp3) is 0.909. The maximum absolute atomic E-state index is 10.4. The van der Waals surface area contributed by atoms with E-state index in [0.29, 0.717) is 6.61 Å². The molecule has 0 aromatic heterocycles. The van der Waals surface area contributed by atoms with Gasteiger partial charge < -0.3 is 14.6 Å². The van der Waals surface area contributed by atoms with Crippen molar-refractivity contribution in [3.8, 4) is 0 Å². The number of nitrogens with zero attached hydrogens (tertiary/aromatic N) is 1. The maximum Gasteiger partial charge on any atom is 0.347 e. The Morgan fingerprint density at radius 3 is 2.71 bits per heavy atom. The summed E-state index contributed by atoms with van der Waals surface area (Å²) in [7, 11) is 0. The summed E-state index contributed by atoms with van der Waals surface area (Å²) < 4.78 is 10.2. The Kier molecular flexibility index (Phi) is 7.11. The topological polar surface area (TPSA) is 85.0 Å². The van der Waals surface area contributed by atoms with Crippen LogP contribution in [0.2, 0.25) is 0 Å². The van der Waals surface area contributed by atoms with E-state index in [1.807, 2.05) is 0 Å². The molecule has 1 saturated heterocycles. The van der Waals surface area contributed by atoms with Gasteiger partial charge in [0.15, 0.2) is 0 Å². The first-order valence-corrected chi connectivity index (χ1v) is 6.10. The number of carbonyl (C=O) groups is 1. The van der Waals surface area contributed by atoms with Crippen LogP contribution in [0.1, 0.15) is 19.3 Å². The number of hydrogen-bond donors (Lipinski definition) is 2. The van der Waals surface area contributed by atoms with Gasteiger partial charge in [0.2, 0.25) is 6.23 Å². The van der Waals surface area contributed by atoms with Crippen molar-refractivity contribution in [2.24, 2.45) is 5.73 Å². The molecule has 1 fully saturated rings. The maximum atomic E-state index is 10.4. The summed E-state index contributed by atoms with van der Waals surface area (Å²) in [6.45, 7) is 5.18. The summed E-state index contributed by atoms with van der Waals surface area (Å²) in [6, 6.07) is 0. The van der Waals surface area contributed by atoms with Crippen LogP contribution < -0.4 is 5.73 Å². The third-order valence-electron chi connectivity index (χ3n) is 2.76. The van der Waals surface area contributed by atoms with Crippen molar-refractivity contribution in [2.75, 3.05) is 39.5 Å². The summed E-state index contributed by atoms with van der Waals surface area (Å²) in [5.41, 5.74) is 5.20. The summed E-state index contributed by atoms with van der Waals surface area (Å²) in [4.78, 5) is 12.7. The molecule has 0 radical (unpaired) electrons. The molecule has 100 valence electrons. The first-order chi connectivity index (χ1) is 8.20. The first kappa shape index (κ1) is 14.4. The van der Waals surface area contributed by atoms with E-state index in [0.717, 1.165) is 52.1 Å². The van der Waals surface area contributed by atoms with Crippen LogP contribution in [-0.2, 0) is 14.3 Å². The van der Waals surface area contributed by atoms with Crippen molar-refractivity contribution >= 4 is 5.97 Å². The molecule has 1 heterocycles. The molecule has 1 rings (SSSR count). The number of rotatable bonds is 8. The minimum Gasteiger partial charge on any atom is -0.478 e. The van der Waals surface area contributed by atoms with Gasteiger partial charge in [-0.05, 0) is 25.8 Å². The van der Waals surface area contributed by atoms with Crippen molar-refractivity contribution in [3.05, 3.63) is 0 Å². The standard InChI is InChI=1S/C11H22N2O4/c12-10(11(14)15)17-7-3-1-2-4-13-5-8-16-9-6-13/h10H,1-9,12H2,(H,14,15). The molecule has 6 nitrogen and oxygen atoms in total. The summed E-state index contributed by atoms with van der Waals surface area (Å²) in [5, 5.41) is 8.49. The molecule has 0 spiro atoms. The Morgan fingerprint density at radius 1 is 1.35 bits per heavy atom. The zero-order valence-electron chi connectivity index (χ0n) is 10.1. The Balaban J connectivity index is 1.88. The Hall–Kier alpha value is -0.690. The molecule has 0 aliphatic carbocycles. The van der Waals surface area contributed by atoms with Gasteiger partial charge in [-0.15, -0.1) is 0 Å². The van der Waals surface area contributed by atoms with Gasteiger partial charge in [-0.3, -0.25) is 10.6 Å². The molecule has 6 heteroatoms. The van der Waals surface area contributed by atoms with Crippen LogP contribution >= 0.6 is 0 Å². The second-order valence-corrected chi connectivity index (χ2v) is 4.14. The lowest BCUT2D eigenvalue weighted by molar-refractivity contribution is -0.150. The lowest BCUT2D eigenvalue weighted by Gasteiger charge is -2.26. The fourth-order valence-corrected chi connectivity index (χ4v) is 1.72. The molecular formula is C11H22N2O4. The van der Waals surface area contributed by atoms with Crippen LogP contribution in [-0.4, -0.2) is 61.7 Å². The van der Waals surface area contributed by atoms with E-state index in [1.54, 1.807) is 0 Å². The summed E-state index contributed by atoms with van der Waals surface area (Å²) in [6.07, 6.45) is 1.80. The van der Waals surface area contributed by atoms with Gasteiger partial charge in [-0.1, -0.05) is 0 Å². The molecule has 0 aromatic rings. The molecule has 3 N–H and O–H groups in total. The average Bonchev–Trinajstić information content (AvgIpc) is 2.34. The van der Waals surface area contributed by atoms with Gasteiger partial charge >= 0.3 is 5.97 Å². The number of morpholine rings is 1. The lowest BCUT2D eigenvalue weighted by atomic mass is 10.2. The van der Waals surface area contributed by atoms with Crippen LogP contribution in [0.25, 0.3) is 0 Å². The smallest absolute Gasteiger partial charge is 0.347 e. The molecule has 1 atom stereocenters. The van der Waals surface area contributed by atoms with E-state index in [1.165, 1.54) is 0 Å². The Bertz CT molecular complexity index is 220. The molecule has 1 aliphatic rings. The van der Waals surface area contributed by atoms with Crippen molar-refractivity contribution < 1.29 is 19.4 Å². The third-order valence-corrected chi connectivity index (χ3v) is 2.76. The molecule has 0 amide bonds. The minimum absolute atomic E-state index is 0.413. The van der Waals surface area contributed by atoms with Gasteiger partial charge in [0, 0.05) is 19.7 Å². The van der Waals surface area contributed by atoms with Crippen LogP contribution in [0, 0.1) is 0 Å². The van der Waals surface area contributed by atoms with Gasteiger partial charge in [0.05, 0.1) is 13.2 Å². The number of aliphatic carboxylic acids is 1.